The van der Waals surface area contributed by atoms with E-state index in [0.29, 0.717) is 56.8 Å². The molecule has 2 heterocycles. The number of ether oxygens (including phenoxy) is 2. The number of benzene rings is 1. The molecule has 2 aromatic rings. The molecule has 0 radical (unpaired) electrons. The second-order valence-corrected chi connectivity index (χ2v) is 9.46. The van der Waals surface area contributed by atoms with Gasteiger partial charge in [0.05, 0.1) is 18.1 Å². The predicted octanol–water partition coefficient (Wildman–Crippen LogP) is 3.26. The van der Waals surface area contributed by atoms with Crippen LogP contribution in [-0.4, -0.2) is 62.1 Å². The van der Waals surface area contributed by atoms with E-state index in [4.69, 9.17) is 9.47 Å². The number of nitrogens with zero attached hydrogens (tertiary/aromatic N) is 4. The van der Waals surface area contributed by atoms with Crippen LogP contribution in [0.3, 0.4) is 0 Å². The van der Waals surface area contributed by atoms with Gasteiger partial charge in [-0.25, -0.2) is 13.4 Å². The van der Waals surface area contributed by atoms with E-state index in [1.807, 2.05) is 19.9 Å². The van der Waals surface area contributed by atoms with Gasteiger partial charge >= 0.3 is 0 Å². The van der Waals surface area contributed by atoms with Crippen molar-refractivity contribution in [3.8, 4) is 11.6 Å². The van der Waals surface area contributed by atoms with Gasteiger partial charge in [-0.05, 0) is 44.0 Å². The monoisotopic (exact) mass is 448 g/mol. The summed E-state index contributed by atoms with van der Waals surface area (Å²) in [6.07, 6.45) is 2.93. The Kier molecular flexibility index (Phi) is 8.09. The highest BCUT2D eigenvalue weighted by Gasteiger charge is 2.29. The van der Waals surface area contributed by atoms with E-state index < -0.39 is 10.0 Å². The van der Waals surface area contributed by atoms with Gasteiger partial charge in [0.15, 0.2) is 0 Å². The predicted molar refractivity (Wildman–Crippen MR) is 120 cm³/mol. The highest BCUT2D eigenvalue weighted by molar-refractivity contribution is 7.89. The van der Waals surface area contributed by atoms with Crippen LogP contribution < -0.4 is 14.4 Å². The summed E-state index contributed by atoms with van der Waals surface area (Å²) in [5.74, 6) is 2.65. The lowest BCUT2D eigenvalue weighted by molar-refractivity contribution is 0.303. The first kappa shape index (κ1) is 23.3. The molecule has 0 atom stereocenters. The quantitative estimate of drug-likeness (QED) is 0.516. The van der Waals surface area contributed by atoms with Crippen molar-refractivity contribution in [1.82, 2.24) is 14.3 Å². The second kappa shape index (κ2) is 10.8. The third kappa shape index (κ3) is 6.07. The van der Waals surface area contributed by atoms with Crippen molar-refractivity contribution in [3.63, 3.8) is 0 Å². The summed E-state index contributed by atoms with van der Waals surface area (Å²) in [5.41, 5.74) is 0. The summed E-state index contributed by atoms with van der Waals surface area (Å²) in [6, 6.07) is 8.51. The largest absolute Gasteiger partial charge is 0.494 e. The Hall–Kier alpha value is -2.39. The maximum absolute atomic E-state index is 13.0. The lowest BCUT2D eigenvalue weighted by Crippen LogP contribution is -2.49. The summed E-state index contributed by atoms with van der Waals surface area (Å²) >= 11 is 0. The summed E-state index contributed by atoms with van der Waals surface area (Å²) < 4.78 is 38.9. The molecule has 1 saturated heterocycles. The zero-order valence-corrected chi connectivity index (χ0v) is 19.4. The van der Waals surface area contributed by atoms with Crippen LogP contribution in [-0.2, 0) is 10.0 Å². The molecule has 8 nitrogen and oxygen atoms in total. The lowest BCUT2D eigenvalue weighted by atomic mass is 10.3. The number of hydrogen-bond acceptors (Lipinski definition) is 7. The van der Waals surface area contributed by atoms with E-state index in [1.54, 1.807) is 24.3 Å². The van der Waals surface area contributed by atoms with Gasteiger partial charge in [0.25, 0.3) is 0 Å². The van der Waals surface area contributed by atoms with Crippen LogP contribution in [0.2, 0.25) is 0 Å². The van der Waals surface area contributed by atoms with Crippen LogP contribution in [0.1, 0.15) is 38.9 Å². The van der Waals surface area contributed by atoms with Crippen LogP contribution >= 0.6 is 0 Å². The van der Waals surface area contributed by atoms with Gasteiger partial charge in [0, 0.05) is 32.2 Å². The average Bonchev–Trinajstić information content (AvgIpc) is 2.78. The first-order chi connectivity index (χ1) is 14.9. The topological polar surface area (TPSA) is 84.9 Å². The van der Waals surface area contributed by atoms with E-state index in [0.717, 1.165) is 25.1 Å². The van der Waals surface area contributed by atoms with E-state index in [9.17, 15) is 8.42 Å². The number of anilines is 1. The van der Waals surface area contributed by atoms with Gasteiger partial charge < -0.3 is 14.4 Å². The van der Waals surface area contributed by atoms with Crippen molar-refractivity contribution >= 4 is 15.8 Å². The Morgan fingerprint density at radius 2 is 1.65 bits per heavy atom. The van der Waals surface area contributed by atoms with E-state index in [-0.39, 0.29) is 4.90 Å². The Bertz CT molecular complexity index is 942. The number of aryl methyl sites for hydroxylation is 1. The Morgan fingerprint density at radius 3 is 2.29 bits per heavy atom. The minimum atomic E-state index is -3.54. The Morgan fingerprint density at radius 1 is 0.935 bits per heavy atom. The molecule has 9 heteroatoms. The maximum Gasteiger partial charge on any atom is 0.243 e. The average molecular weight is 449 g/mol. The highest BCUT2D eigenvalue weighted by Crippen LogP contribution is 2.24. The Labute approximate surface area is 185 Å². The zero-order valence-electron chi connectivity index (χ0n) is 18.6. The molecular weight excluding hydrogens is 416 g/mol. The molecule has 0 bridgehead atoms. The first-order valence-corrected chi connectivity index (χ1v) is 12.3. The molecule has 1 aromatic carbocycles. The first-order valence-electron chi connectivity index (χ1n) is 10.9. The van der Waals surface area contributed by atoms with Gasteiger partial charge in [0.2, 0.25) is 15.9 Å². The fourth-order valence-corrected chi connectivity index (χ4v) is 4.74. The summed E-state index contributed by atoms with van der Waals surface area (Å²) in [6.45, 7) is 9.12. The van der Waals surface area contributed by atoms with Crippen molar-refractivity contribution in [2.45, 2.75) is 44.9 Å². The van der Waals surface area contributed by atoms with E-state index in [2.05, 4.69) is 21.8 Å². The lowest BCUT2D eigenvalue weighted by Gasteiger charge is -2.34. The molecule has 0 unspecified atom stereocenters. The maximum atomic E-state index is 13.0. The molecule has 1 aliphatic heterocycles. The molecule has 0 N–H and O–H groups in total. The number of unbranched alkanes of at least 4 members (excludes halogenated alkanes) is 1. The highest BCUT2D eigenvalue weighted by atomic mass is 32.2. The molecule has 1 aliphatic rings. The van der Waals surface area contributed by atoms with Crippen molar-refractivity contribution in [1.29, 1.82) is 0 Å². The number of sulfonamides is 1. The van der Waals surface area contributed by atoms with Gasteiger partial charge in [-0.15, -0.1) is 0 Å². The van der Waals surface area contributed by atoms with Crippen molar-refractivity contribution in [2.24, 2.45) is 0 Å². The second-order valence-electron chi connectivity index (χ2n) is 7.52. The SMILES string of the molecule is CCCCOc1ccc(S(=O)(=O)N2CCN(c3cc(OCCC)nc(C)n3)CC2)cc1. The fourth-order valence-electron chi connectivity index (χ4n) is 3.32. The summed E-state index contributed by atoms with van der Waals surface area (Å²) in [5, 5.41) is 0. The van der Waals surface area contributed by atoms with Gasteiger partial charge in [0.1, 0.15) is 17.4 Å². The van der Waals surface area contributed by atoms with E-state index >= 15 is 0 Å². The fraction of sp³-hybridized carbons (Fsp3) is 0.545. The standard InChI is InChI=1S/C22H32N4O4S/c1-4-6-16-29-19-7-9-20(10-8-19)31(27,28)26-13-11-25(12-14-26)21-17-22(30-15-5-2)24-18(3)23-21/h7-10,17H,4-6,11-16H2,1-3H3. The normalized spacial score (nSPS) is 15.1. The molecule has 0 saturated carbocycles. The number of aromatic nitrogens is 2. The number of rotatable bonds is 10. The van der Waals surface area contributed by atoms with Crippen molar-refractivity contribution in [2.75, 3.05) is 44.3 Å². The van der Waals surface area contributed by atoms with Gasteiger partial charge in [-0.2, -0.15) is 9.29 Å². The molecular formula is C22H32N4O4S. The minimum absolute atomic E-state index is 0.289. The third-order valence-electron chi connectivity index (χ3n) is 5.05. The van der Waals surface area contributed by atoms with E-state index in [1.165, 1.54) is 4.31 Å². The molecule has 170 valence electrons. The smallest absolute Gasteiger partial charge is 0.243 e. The molecule has 1 aromatic heterocycles. The van der Waals surface area contributed by atoms with Crippen LogP contribution in [0.4, 0.5) is 5.82 Å². The zero-order chi connectivity index (χ0) is 22.3. The summed E-state index contributed by atoms with van der Waals surface area (Å²) in [4.78, 5) is 11.2. The Balaban J connectivity index is 1.63. The summed E-state index contributed by atoms with van der Waals surface area (Å²) in [7, 11) is -3.54. The molecule has 0 aliphatic carbocycles. The minimum Gasteiger partial charge on any atom is -0.494 e. The van der Waals surface area contributed by atoms with Crippen LogP contribution in [0.15, 0.2) is 35.2 Å². The van der Waals surface area contributed by atoms with Crippen molar-refractivity contribution in [3.05, 3.63) is 36.2 Å². The number of hydrogen-bond donors (Lipinski definition) is 0. The molecule has 3 rings (SSSR count). The molecule has 0 amide bonds. The molecule has 1 fully saturated rings. The molecule has 31 heavy (non-hydrogen) atoms. The molecule has 0 spiro atoms. The number of piperazine rings is 1. The third-order valence-corrected chi connectivity index (χ3v) is 6.96. The van der Waals surface area contributed by atoms with Gasteiger partial charge in [-0.1, -0.05) is 20.3 Å². The van der Waals surface area contributed by atoms with Crippen LogP contribution in [0.25, 0.3) is 0 Å². The van der Waals surface area contributed by atoms with Gasteiger partial charge in [-0.3, -0.25) is 0 Å². The van der Waals surface area contributed by atoms with Crippen molar-refractivity contribution < 1.29 is 17.9 Å². The van der Waals surface area contributed by atoms with Crippen LogP contribution in [0.5, 0.6) is 11.6 Å². The van der Waals surface area contributed by atoms with Crippen LogP contribution in [0, 0.1) is 6.92 Å².